The van der Waals surface area contributed by atoms with E-state index in [9.17, 15) is 19.6 Å². The van der Waals surface area contributed by atoms with Crippen molar-refractivity contribution in [2.75, 3.05) is 6.54 Å². The van der Waals surface area contributed by atoms with Crippen molar-refractivity contribution in [3.05, 3.63) is 70.8 Å². The minimum absolute atomic E-state index is 0.117. The van der Waals surface area contributed by atoms with Crippen LogP contribution < -0.4 is 10.6 Å². The highest BCUT2D eigenvalue weighted by molar-refractivity contribution is 5.93. The molecule has 3 atom stereocenters. The molecule has 2 aromatic rings. The second kappa shape index (κ2) is 14.3. The van der Waals surface area contributed by atoms with E-state index in [1.54, 1.807) is 20.8 Å². The van der Waals surface area contributed by atoms with E-state index < -0.39 is 29.7 Å². The SMILES string of the molecule is CCCC(C)NC(=O)C(c1c(C)cccc1C)N(CC#N)C(=O)C(Cc1ccccc1)NC(=O)OC(C)(C)C. The van der Waals surface area contributed by atoms with Crippen LogP contribution in [-0.4, -0.2) is 47.0 Å². The van der Waals surface area contributed by atoms with Crippen LogP contribution in [0.4, 0.5) is 4.79 Å². The summed E-state index contributed by atoms with van der Waals surface area (Å²) in [6.45, 7) is 12.6. The van der Waals surface area contributed by atoms with Crippen molar-refractivity contribution in [1.29, 1.82) is 5.26 Å². The van der Waals surface area contributed by atoms with Crippen molar-refractivity contribution in [3.8, 4) is 6.07 Å². The summed E-state index contributed by atoms with van der Waals surface area (Å²) in [6.07, 6.45) is 1.07. The molecule has 0 aliphatic carbocycles. The lowest BCUT2D eigenvalue weighted by Crippen LogP contribution is -2.54. The molecular weight excluding hydrogens is 492 g/mol. The average Bonchev–Trinajstić information content (AvgIpc) is 2.84. The fourth-order valence-electron chi connectivity index (χ4n) is 4.59. The van der Waals surface area contributed by atoms with E-state index in [0.717, 1.165) is 29.5 Å². The van der Waals surface area contributed by atoms with Crippen molar-refractivity contribution in [3.63, 3.8) is 0 Å². The van der Waals surface area contributed by atoms with Crippen molar-refractivity contribution < 1.29 is 19.1 Å². The predicted molar refractivity (Wildman–Crippen MR) is 152 cm³/mol. The Hall–Kier alpha value is -3.86. The minimum Gasteiger partial charge on any atom is -0.444 e. The number of carbonyl (C=O) groups excluding carboxylic acids is 3. The monoisotopic (exact) mass is 534 g/mol. The van der Waals surface area contributed by atoms with Gasteiger partial charge in [-0.25, -0.2) is 4.79 Å². The number of benzene rings is 2. The van der Waals surface area contributed by atoms with Gasteiger partial charge in [-0.2, -0.15) is 5.26 Å². The van der Waals surface area contributed by atoms with Crippen molar-refractivity contribution in [2.24, 2.45) is 0 Å². The zero-order valence-corrected chi connectivity index (χ0v) is 24.2. The number of alkyl carbamates (subject to hydrolysis) is 1. The standard InChI is InChI=1S/C31H42N4O4/c1-8-13-23(4)33-28(36)27(26-21(2)14-12-15-22(26)3)35(19-18-32)29(37)25(20-24-16-10-9-11-17-24)34-30(38)39-31(5,6)7/h9-12,14-17,23,25,27H,8,13,19-20H2,1-7H3,(H,33,36)(H,34,38). The maximum absolute atomic E-state index is 14.2. The van der Waals surface area contributed by atoms with Gasteiger partial charge in [0, 0.05) is 12.5 Å². The molecule has 2 N–H and O–H groups in total. The normalized spacial score (nSPS) is 13.4. The van der Waals surface area contributed by atoms with Crippen LogP contribution in [-0.2, 0) is 20.7 Å². The molecule has 0 aliphatic rings. The molecular formula is C31H42N4O4. The van der Waals surface area contributed by atoms with Crippen LogP contribution in [0.25, 0.3) is 0 Å². The Bertz CT molecular complexity index is 1150. The first kappa shape index (κ1) is 31.4. The topological polar surface area (TPSA) is 112 Å². The Labute approximate surface area is 232 Å². The third kappa shape index (κ3) is 9.43. The lowest BCUT2D eigenvalue weighted by Gasteiger charge is -2.35. The molecule has 3 amide bonds. The predicted octanol–water partition coefficient (Wildman–Crippen LogP) is 5.14. The van der Waals surface area contributed by atoms with Crippen LogP contribution in [0, 0.1) is 25.2 Å². The van der Waals surface area contributed by atoms with E-state index in [0.29, 0.717) is 5.56 Å². The van der Waals surface area contributed by atoms with Gasteiger partial charge in [-0.05, 0) is 70.2 Å². The second-order valence-electron chi connectivity index (χ2n) is 10.9. The number of amides is 3. The van der Waals surface area contributed by atoms with Gasteiger partial charge in [0.15, 0.2) is 0 Å². The van der Waals surface area contributed by atoms with Gasteiger partial charge in [0.25, 0.3) is 0 Å². The van der Waals surface area contributed by atoms with Gasteiger partial charge in [-0.15, -0.1) is 0 Å². The zero-order chi connectivity index (χ0) is 29.2. The Kier molecular flexibility index (Phi) is 11.5. The van der Waals surface area contributed by atoms with Gasteiger partial charge < -0.3 is 20.3 Å². The molecule has 0 spiro atoms. The van der Waals surface area contributed by atoms with E-state index in [-0.39, 0.29) is 24.9 Å². The Morgan fingerprint density at radius 1 is 1.00 bits per heavy atom. The third-order valence-electron chi connectivity index (χ3n) is 6.28. The van der Waals surface area contributed by atoms with Gasteiger partial charge >= 0.3 is 6.09 Å². The largest absolute Gasteiger partial charge is 0.444 e. The minimum atomic E-state index is -1.07. The van der Waals surface area contributed by atoms with Crippen molar-refractivity contribution in [1.82, 2.24) is 15.5 Å². The van der Waals surface area contributed by atoms with Gasteiger partial charge in [0.1, 0.15) is 24.2 Å². The first-order valence-electron chi connectivity index (χ1n) is 13.4. The highest BCUT2D eigenvalue weighted by Gasteiger charge is 2.38. The van der Waals surface area contributed by atoms with Gasteiger partial charge in [-0.1, -0.05) is 61.9 Å². The molecule has 0 fully saturated rings. The summed E-state index contributed by atoms with van der Waals surface area (Å²) in [4.78, 5) is 42.1. The molecule has 39 heavy (non-hydrogen) atoms. The lowest BCUT2D eigenvalue weighted by atomic mass is 9.93. The summed E-state index contributed by atoms with van der Waals surface area (Å²) in [5.41, 5.74) is 2.36. The van der Waals surface area contributed by atoms with E-state index in [1.807, 2.05) is 76.2 Å². The smallest absolute Gasteiger partial charge is 0.408 e. The molecule has 210 valence electrons. The highest BCUT2D eigenvalue weighted by atomic mass is 16.6. The average molecular weight is 535 g/mol. The van der Waals surface area contributed by atoms with Crippen LogP contribution in [0.1, 0.15) is 75.8 Å². The first-order valence-corrected chi connectivity index (χ1v) is 13.4. The molecule has 0 aromatic heterocycles. The number of nitrogens with one attached hydrogen (secondary N) is 2. The molecule has 0 saturated carbocycles. The first-order chi connectivity index (χ1) is 18.4. The summed E-state index contributed by atoms with van der Waals surface area (Å²) >= 11 is 0. The maximum atomic E-state index is 14.2. The number of ether oxygens (including phenoxy) is 1. The molecule has 3 unspecified atom stereocenters. The molecule has 0 heterocycles. The molecule has 2 rings (SSSR count). The van der Waals surface area contributed by atoms with Crippen LogP contribution in [0.2, 0.25) is 0 Å². The van der Waals surface area contributed by atoms with E-state index in [4.69, 9.17) is 4.74 Å². The molecule has 0 aliphatic heterocycles. The molecule has 8 heteroatoms. The van der Waals surface area contributed by atoms with Crippen LogP contribution in [0.15, 0.2) is 48.5 Å². The van der Waals surface area contributed by atoms with Gasteiger partial charge in [0.2, 0.25) is 11.8 Å². The van der Waals surface area contributed by atoms with Crippen molar-refractivity contribution >= 4 is 17.9 Å². The number of hydrogen-bond acceptors (Lipinski definition) is 5. The number of hydrogen-bond donors (Lipinski definition) is 2. The summed E-state index contributed by atoms with van der Waals surface area (Å²) in [5.74, 6) is -0.912. The van der Waals surface area contributed by atoms with Crippen LogP contribution in [0.3, 0.4) is 0 Å². The summed E-state index contributed by atoms with van der Waals surface area (Å²) < 4.78 is 5.44. The van der Waals surface area contributed by atoms with Crippen LogP contribution in [0.5, 0.6) is 0 Å². The lowest BCUT2D eigenvalue weighted by molar-refractivity contribution is -0.142. The van der Waals surface area contributed by atoms with Gasteiger partial charge in [0.05, 0.1) is 6.07 Å². The third-order valence-corrected chi connectivity index (χ3v) is 6.28. The van der Waals surface area contributed by atoms with Gasteiger partial charge in [-0.3, -0.25) is 9.59 Å². The fraction of sp³-hybridized carbons (Fsp3) is 0.484. The summed E-state index contributed by atoms with van der Waals surface area (Å²) in [7, 11) is 0. The number of nitrogens with zero attached hydrogens (tertiary/aromatic N) is 2. The Balaban J connectivity index is 2.59. The number of carbonyl (C=O) groups is 3. The number of aryl methyl sites for hydroxylation is 2. The molecule has 0 saturated heterocycles. The highest BCUT2D eigenvalue weighted by Crippen LogP contribution is 2.29. The zero-order valence-electron chi connectivity index (χ0n) is 24.2. The number of rotatable bonds is 11. The summed E-state index contributed by atoms with van der Waals surface area (Å²) in [5, 5.41) is 15.5. The maximum Gasteiger partial charge on any atom is 0.408 e. The van der Waals surface area contributed by atoms with Crippen molar-refractivity contribution in [2.45, 2.75) is 91.5 Å². The fourth-order valence-corrected chi connectivity index (χ4v) is 4.59. The quantitative estimate of drug-likeness (QED) is 0.388. The number of nitriles is 1. The van der Waals surface area contributed by atoms with E-state index in [1.165, 1.54) is 4.90 Å². The Morgan fingerprint density at radius 2 is 1.62 bits per heavy atom. The van der Waals surface area contributed by atoms with Crippen LogP contribution >= 0.6 is 0 Å². The molecule has 0 radical (unpaired) electrons. The second-order valence-corrected chi connectivity index (χ2v) is 10.9. The molecule has 8 nitrogen and oxygen atoms in total. The molecule has 2 aromatic carbocycles. The van der Waals surface area contributed by atoms with E-state index >= 15 is 0 Å². The van der Waals surface area contributed by atoms with E-state index in [2.05, 4.69) is 16.7 Å². The summed E-state index contributed by atoms with van der Waals surface area (Å²) in [6, 6.07) is 14.7. The Morgan fingerprint density at radius 3 is 2.15 bits per heavy atom. The molecule has 0 bridgehead atoms.